The van der Waals surface area contributed by atoms with Crippen LogP contribution < -0.4 is 0 Å². The summed E-state index contributed by atoms with van der Waals surface area (Å²) in [4.78, 5) is 19.6. The predicted octanol–water partition coefficient (Wildman–Crippen LogP) is 0.730. The van der Waals surface area contributed by atoms with E-state index in [1.807, 2.05) is 0 Å². The molecule has 0 atom stereocenters. The summed E-state index contributed by atoms with van der Waals surface area (Å²) >= 11 is 0. The molecule has 0 saturated heterocycles. The van der Waals surface area contributed by atoms with Gasteiger partial charge in [-0.3, -0.25) is 14.9 Å². The lowest BCUT2D eigenvalue weighted by Gasteiger charge is -1.92. The van der Waals surface area contributed by atoms with Gasteiger partial charge in [0.05, 0.1) is 12.0 Å². The average Bonchev–Trinajstić information content (AvgIpc) is 1.97. The van der Waals surface area contributed by atoms with Gasteiger partial charge in [0.25, 0.3) is 0 Å². The number of methoxy groups -OCH3 is 1. The summed E-state index contributed by atoms with van der Waals surface area (Å²) in [6, 6.07) is 0. The van der Waals surface area contributed by atoms with Crippen LogP contribution in [0.3, 0.4) is 0 Å². The van der Waals surface area contributed by atoms with Crippen LogP contribution in [0.2, 0.25) is 0 Å². The number of esters is 1. The van der Waals surface area contributed by atoms with E-state index in [1.54, 1.807) is 0 Å². The largest absolute Gasteiger partial charge is 0.469 e. The number of nitrogens with zero attached hydrogens (tertiary/aromatic N) is 1. The number of ether oxygens (including phenoxy) is 1. The third-order valence-electron chi connectivity index (χ3n) is 0.970. The van der Waals surface area contributed by atoms with Crippen LogP contribution in [0.25, 0.3) is 0 Å². The normalized spacial score (nSPS) is 9.91. The Morgan fingerprint density at radius 2 is 2.36 bits per heavy atom. The van der Waals surface area contributed by atoms with E-state index < -0.39 is 4.92 Å². The first-order valence-electron chi connectivity index (χ1n) is 3.03. The average molecular weight is 159 g/mol. The van der Waals surface area contributed by atoms with Crippen molar-refractivity contribution in [2.45, 2.75) is 12.8 Å². The molecule has 0 saturated carbocycles. The summed E-state index contributed by atoms with van der Waals surface area (Å²) in [6.45, 7) is 0. The van der Waals surface area contributed by atoms with Gasteiger partial charge in [-0.15, -0.1) is 0 Å². The topological polar surface area (TPSA) is 69.4 Å². The van der Waals surface area contributed by atoms with E-state index in [0.717, 1.165) is 6.20 Å². The minimum absolute atomic E-state index is 0.181. The van der Waals surface area contributed by atoms with E-state index in [2.05, 4.69) is 4.74 Å². The number of hydrogen-bond acceptors (Lipinski definition) is 4. The second-order valence-electron chi connectivity index (χ2n) is 1.78. The maximum absolute atomic E-state index is 10.4. The van der Waals surface area contributed by atoms with E-state index in [9.17, 15) is 14.9 Å². The Labute approximate surface area is 63.8 Å². The molecule has 11 heavy (non-hydrogen) atoms. The molecule has 0 aliphatic heterocycles. The minimum atomic E-state index is -0.572. The third-order valence-corrected chi connectivity index (χ3v) is 0.970. The van der Waals surface area contributed by atoms with Gasteiger partial charge >= 0.3 is 5.97 Å². The van der Waals surface area contributed by atoms with Gasteiger partial charge in [-0.25, -0.2) is 0 Å². The van der Waals surface area contributed by atoms with E-state index in [4.69, 9.17) is 0 Å². The fraction of sp³-hybridized carbons (Fsp3) is 0.500. The molecular weight excluding hydrogens is 150 g/mol. The number of nitro groups is 1. The van der Waals surface area contributed by atoms with Crippen molar-refractivity contribution in [2.24, 2.45) is 0 Å². The van der Waals surface area contributed by atoms with Crippen LogP contribution in [0.1, 0.15) is 12.8 Å². The molecule has 0 fully saturated rings. The quantitative estimate of drug-likeness (QED) is 0.344. The van der Waals surface area contributed by atoms with Gasteiger partial charge in [-0.2, -0.15) is 0 Å². The summed E-state index contributed by atoms with van der Waals surface area (Å²) in [5.41, 5.74) is 0. The first-order chi connectivity index (χ1) is 5.16. The zero-order valence-corrected chi connectivity index (χ0v) is 6.15. The van der Waals surface area contributed by atoms with Gasteiger partial charge in [0, 0.05) is 6.42 Å². The zero-order valence-electron chi connectivity index (χ0n) is 6.15. The molecule has 0 aliphatic rings. The van der Waals surface area contributed by atoms with Crippen molar-refractivity contribution in [3.63, 3.8) is 0 Å². The van der Waals surface area contributed by atoms with Crippen molar-refractivity contribution in [1.82, 2.24) is 0 Å². The minimum Gasteiger partial charge on any atom is -0.469 e. The van der Waals surface area contributed by atoms with Crippen molar-refractivity contribution in [3.05, 3.63) is 22.4 Å². The zero-order chi connectivity index (χ0) is 8.69. The highest BCUT2D eigenvalue weighted by atomic mass is 16.6. The number of carbonyl (C=O) groups excluding carboxylic acids is 1. The Bertz CT molecular complexity index is 175. The van der Waals surface area contributed by atoms with Crippen LogP contribution in [0.5, 0.6) is 0 Å². The molecule has 0 N–H and O–H groups in total. The fourth-order valence-electron chi connectivity index (χ4n) is 0.464. The first kappa shape index (κ1) is 9.61. The molecular formula is C6H9NO4. The molecule has 0 aliphatic carbocycles. The van der Waals surface area contributed by atoms with Crippen LogP contribution in [0.15, 0.2) is 12.3 Å². The molecule has 0 aromatic rings. The Hall–Kier alpha value is -1.39. The molecule has 62 valence electrons. The highest BCUT2D eigenvalue weighted by molar-refractivity contribution is 5.69. The Balaban J connectivity index is 3.41. The van der Waals surface area contributed by atoms with E-state index in [-0.39, 0.29) is 12.4 Å². The molecule has 5 heteroatoms. The van der Waals surface area contributed by atoms with Crippen molar-refractivity contribution in [1.29, 1.82) is 0 Å². The van der Waals surface area contributed by atoms with Crippen LogP contribution >= 0.6 is 0 Å². The molecule has 0 aromatic heterocycles. The lowest BCUT2D eigenvalue weighted by atomic mass is 10.3. The molecule has 0 aromatic carbocycles. The Morgan fingerprint density at radius 3 is 2.82 bits per heavy atom. The highest BCUT2D eigenvalue weighted by Gasteiger charge is 1.96. The van der Waals surface area contributed by atoms with Crippen molar-refractivity contribution >= 4 is 5.97 Å². The molecule has 0 bridgehead atoms. The van der Waals surface area contributed by atoms with Crippen molar-refractivity contribution in [3.8, 4) is 0 Å². The first-order valence-corrected chi connectivity index (χ1v) is 3.03. The van der Waals surface area contributed by atoms with E-state index >= 15 is 0 Å². The molecule has 0 radical (unpaired) electrons. The molecule has 5 nitrogen and oxygen atoms in total. The third kappa shape index (κ3) is 6.50. The van der Waals surface area contributed by atoms with Gasteiger partial charge in [0.2, 0.25) is 6.20 Å². The van der Waals surface area contributed by atoms with Gasteiger partial charge < -0.3 is 4.74 Å². The number of rotatable bonds is 4. The molecule has 0 spiro atoms. The second-order valence-corrected chi connectivity index (χ2v) is 1.78. The van der Waals surface area contributed by atoms with Crippen molar-refractivity contribution in [2.75, 3.05) is 7.11 Å². The second kappa shape index (κ2) is 5.40. The predicted molar refractivity (Wildman–Crippen MR) is 37.4 cm³/mol. The monoisotopic (exact) mass is 159 g/mol. The molecule has 0 unspecified atom stereocenters. The van der Waals surface area contributed by atoms with Crippen molar-refractivity contribution < 1.29 is 14.5 Å². The Kier molecular flexibility index (Phi) is 4.72. The number of allylic oxidation sites excluding steroid dienone is 1. The molecule has 0 heterocycles. The SMILES string of the molecule is COC(=O)CC/C=C/[N+](=O)[O-]. The highest BCUT2D eigenvalue weighted by Crippen LogP contribution is 1.92. The van der Waals surface area contributed by atoms with Crippen LogP contribution in [-0.4, -0.2) is 18.0 Å². The van der Waals surface area contributed by atoms with Gasteiger partial charge in [-0.05, 0) is 12.5 Å². The van der Waals surface area contributed by atoms with Crippen LogP contribution in [0.4, 0.5) is 0 Å². The Morgan fingerprint density at radius 1 is 1.73 bits per heavy atom. The van der Waals surface area contributed by atoms with Crippen LogP contribution in [-0.2, 0) is 9.53 Å². The fourth-order valence-corrected chi connectivity index (χ4v) is 0.464. The van der Waals surface area contributed by atoms with Gasteiger partial charge in [0.1, 0.15) is 0 Å². The smallest absolute Gasteiger partial charge is 0.305 e. The standard InChI is InChI=1S/C6H9NO4/c1-11-6(8)4-2-3-5-7(9)10/h3,5H,2,4H2,1H3/b5-3+. The summed E-state index contributed by atoms with van der Waals surface area (Å²) in [5.74, 6) is -0.363. The number of carbonyl (C=O) groups is 1. The van der Waals surface area contributed by atoms with Crippen LogP contribution in [0, 0.1) is 10.1 Å². The number of hydrogen-bond donors (Lipinski definition) is 0. The maximum Gasteiger partial charge on any atom is 0.305 e. The summed E-state index contributed by atoms with van der Waals surface area (Å²) in [5, 5.41) is 9.72. The lowest BCUT2D eigenvalue weighted by Crippen LogP contribution is -1.98. The maximum atomic E-state index is 10.4. The summed E-state index contributed by atoms with van der Waals surface area (Å²) in [6.07, 6.45) is 2.65. The van der Waals surface area contributed by atoms with E-state index in [1.165, 1.54) is 13.2 Å². The molecule has 0 amide bonds. The van der Waals surface area contributed by atoms with Gasteiger partial charge in [-0.1, -0.05) is 0 Å². The van der Waals surface area contributed by atoms with E-state index in [0.29, 0.717) is 6.42 Å². The molecule has 0 rings (SSSR count). The lowest BCUT2D eigenvalue weighted by molar-refractivity contribution is -0.402. The summed E-state index contributed by atoms with van der Waals surface area (Å²) in [7, 11) is 1.28. The van der Waals surface area contributed by atoms with Gasteiger partial charge in [0.15, 0.2) is 0 Å². The summed E-state index contributed by atoms with van der Waals surface area (Å²) < 4.78 is 4.31.